The van der Waals surface area contributed by atoms with Crippen LogP contribution in [-0.4, -0.2) is 19.1 Å². The van der Waals surface area contributed by atoms with Crippen LogP contribution in [0.25, 0.3) is 0 Å². The fourth-order valence-electron chi connectivity index (χ4n) is 2.17. The van der Waals surface area contributed by atoms with Crippen molar-refractivity contribution in [2.24, 2.45) is 11.7 Å². The van der Waals surface area contributed by atoms with Gasteiger partial charge in [0, 0.05) is 23.3 Å². The lowest BCUT2D eigenvalue weighted by Gasteiger charge is -2.32. The molecule has 2 nitrogen and oxygen atoms in total. The molecule has 0 aliphatic heterocycles. The number of hydrogen-bond acceptors (Lipinski definition) is 2. The van der Waals surface area contributed by atoms with Crippen LogP contribution in [0.4, 0.5) is 5.69 Å². The Kier molecular flexibility index (Phi) is 5.97. The third-order valence-corrected chi connectivity index (χ3v) is 3.18. The summed E-state index contributed by atoms with van der Waals surface area (Å²) in [7, 11) is 0. The van der Waals surface area contributed by atoms with Crippen molar-refractivity contribution in [3.63, 3.8) is 0 Å². The molecule has 0 radical (unpaired) electrons. The Bertz CT molecular complexity index is 375. The highest BCUT2D eigenvalue weighted by molar-refractivity contribution is 6.30. The van der Waals surface area contributed by atoms with Gasteiger partial charge in [0.25, 0.3) is 0 Å². The van der Waals surface area contributed by atoms with Gasteiger partial charge in [-0.25, -0.2) is 0 Å². The summed E-state index contributed by atoms with van der Waals surface area (Å²) in [6.07, 6.45) is 0.872. The van der Waals surface area contributed by atoms with E-state index in [-0.39, 0.29) is 0 Å². The molecule has 0 saturated carbocycles. The van der Waals surface area contributed by atoms with Gasteiger partial charge >= 0.3 is 0 Å². The molecule has 18 heavy (non-hydrogen) atoms. The van der Waals surface area contributed by atoms with Gasteiger partial charge in [-0.2, -0.15) is 0 Å². The highest BCUT2D eigenvalue weighted by Gasteiger charge is 2.15. The number of anilines is 1. The van der Waals surface area contributed by atoms with Gasteiger partial charge in [0.1, 0.15) is 0 Å². The summed E-state index contributed by atoms with van der Waals surface area (Å²) >= 11 is 6.08. The summed E-state index contributed by atoms with van der Waals surface area (Å²) < 4.78 is 0. The maximum absolute atomic E-state index is 6.08. The Hall–Kier alpha value is -0.730. The zero-order chi connectivity index (χ0) is 13.7. The Labute approximate surface area is 116 Å². The van der Waals surface area contributed by atoms with Crippen LogP contribution in [0.15, 0.2) is 18.2 Å². The van der Waals surface area contributed by atoms with Crippen molar-refractivity contribution in [2.75, 3.05) is 18.0 Å². The summed E-state index contributed by atoms with van der Waals surface area (Å²) in [6, 6.07) is 6.60. The molecule has 0 aliphatic rings. The average molecular weight is 269 g/mol. The first kappa shape index (κ1) is 15.3. The van der Waals surface area contributed by atoms with E-state index in [4.69, 9.17) is 17.3 Å². The zero-order valence-electron chi connectivity index (χ0n) is 11.9. The predicted molar refractivity (Wildman–Crippen MR) is 81.5 cm³/mol. The monoisotopic (exact) mass is 268 g/mol. The Morgan fingerprint density at radius 2 is 1.89 bits per heavy atom. The highest BCUT2D eigenvalue weighted by atomic mass is 35.5. The first-order valence-electron chi connectivity index (χ1n) is 6.70. The highest BCUT2D eigenvalue weighted by Crippen LogP contribution is 2.27. The fraction of sp³-hybridized carbons (Fsp3) is 0.600. The molecule has 0 amide bonds. The second kappa shape index (κ2) is 7.01. The molecule has 0 saturated heterocycles. The summed E-state index contributed by atoms with van der Waals surface area (Å²) in [5, 5.41) is 0.787. The van der Waals surface area contributed by atoms with Crippen molar-refractivity contribution in [1.29, 1.82) is 0 Å². The van der Waals surface area contributed by atoms with Crippen LogP contribution in [0.3, 0.4) is 0 Å². The van der Waals surface area contributed by atoms with Gasteiger partial charge in [0.2, 0.25) is 0 Å². The van der Waals surface area contributed by atoms with Gasteiger partial charge in [-0.1, -0.05) is 25.4 Å². The van der Waals surface area contributed by atoms with E-state index in [9.17, 15) is 0 Å². The number of hydrogen-bond donors (Lipinski definition) is 1. The van der Waals surface area contributed by atoms with Crippen LogP contribution < -0.4 is 10.6 Å². The molecule has 0 unspecified atom stereocenters. The van der Waals surface area contributed by atoms with Crippen molar-refractivity contribution in [3.8, 4) is 0 Å². The van der Waals surface area contributed by atoms with Crippen LogP contribution >= 0.6 is 11.6 Å². The van der Waals surface area contributed by atoms with Crippen molar-refractivity contribution in [2.45, 2.75) is 40.2 Å². The summed E-state index contributed by atoms with van der Waals surface area (Å²) in [4.78, 5) is 2.44. The molecule has 3 heteroatoms. The molecule has 0 aliphatic carbocycles. The minimum absolute atomic E-state index is 0.477. The molecule has 0 atom stereocenters. The number of rotatable bonds is 6. The smallest absolute Gasteiger partial charge is 0.0410 e. The first-order chi connectivity index (χ1) is 8.45. The van der Waals surface area contributed by atoms with Crippen molar-refractivity contribution in [3.05, 3.63) is 28.8 Å². The van der Waals surface area contributed by atoms with Gasteiger partial charge in [0.05, 0.1) is 0 Å². The standard InChI is InChI=1S/C15H25ClN2/c1-11(2)10-18(12(3)4)15-6-5-14(16)9-13(15)7-8-17/h5-6,9,11-12H,7-8,10,17H2,1-4H3. The minimum atomic E-state index is 0.477. The maximum atomic E-state index is 6.08. The van der Waals surface area contributed by atoms with E-state index in [0.717, 1.165) is 18.0 Å². The van der Waals surface area contributed by atoms with Crippen molar-refractivity contribution in [1.82, 2.24) is 0 Å². The van der Waals surface area contributed by atoms with E-state index in [2.05, 4.69) is 38.7 Å². The van der Waals surface area contributed by atoms with Gasteiger partial charge in [-0.05, 0) is 56.5 Å². The van der Waals surface area contributed by atoms with Crippen molar-refractivity contribution < 1.29 is 0 Å². The molecule has 0 aromatic heterocycles. The molecule has 102 valence electrons. The van der Waals surface area contributed by atoms with E-state index >= 15 is 0 Å². The van der Waals surface area contributed by atoms with Crippen LogP contribution in [0.5, 0.6) is 0 Å². The minimum Gasteiger partial charge on any atom is -0.369 e. The normalized spacial score (nSPS) is 11.3. The molecular formula is C15H25ClN2. The van der Waals surface area contributed by atoms with Gasteiger partial charge < -0.3 is 10.6 Å². The average Bonchev–Trinajstić information content (AvgIpc) is 2.26. The van der Waals surface area contributed by atoms with E-state index in [1.54, 1.807) is 0 Å². The Morgan fingerprint density at radius 3 is 2.39 bits per heavy atom. The largest absolute Gasteiger partial charge is 0.369 e. The topological polar surface area (TPSA) is 29.3 Å². The molecule has 1 aromatic carbocycles. The summed E-state index contributed by atoms with van der Waals surface area (Å²) in [5.74, 6) is 0.633. The fourth-order valence-corrected chi connectivity index (χ4v) is 2.37. The second-order valence-electron chi connectivity index (χ2n) is 5.45. The second-order valence-corrected chi connectivity index (χ2v) is 5.89. The first-order valence-corrected chi connectivity index (χ1v) is 7.08. The van der Waals surface area contributed by atoms with Crippen LogP contribution in [0.1, 0.15) is 33.3 Å². The molecular weight excluding hydrogens is 244 g/mol. The predicted octanol–water partition coefficient (Wildman–Crippen LogP) is 3.71. The van der Waals surface area contributed by atoms with Crippen molar-refractivity contribution >= 4 is 17.3 Å². The quantitative estimate of drug-likeness (QED) is 0.852. The Balaban J connectivity index is 3.09. The van der Waals surface area contributed by atoms with E-state index in [0.29, 0.717) is 18.5 Å². The van der Waals surface area contributed by atoms with E-state index in [1.807, 2.05) is 12.1 Å². The molecule has 0 bridgehead atoms. The van der Waals surface area contributed by atoms with Gasteiger partial charge in [-0.3, -0.25) is 0 Å². The van der Waals surface area contributed by atoms with Gasteiger partial charge in [0.15, 0.2) is 0 Å². The van der Waals surface area contributed by atoms with Crippen LogP contribution in [0.2, 0.25) is 5.02 Å². The lowest BCUT2D eigenvalue weighted by molar-refractivity contribution is 0.569. The molecule has 0 heterocycles. The number of halogens is 1. The Morgan fingerprint density at radius 1 is 1.22 bits per heavy atom. The SMILES string of the molecule is CC(C)CN(c1ccc(Cl)cc1CCN)C(C)C. The molecule has 0 fully saturated rings. The van der Waals surface area contributed by atoms with E-state index < -0.39 is 0 Å². The summed E-state index contributed by atoms with van der Waals surface area (Å²) in [6.45, 7) is 10.6. The third-order valence-electron chi connectivity index (χ3n) is 2.95. The number of benzene rings is 1. The third kappa shape index (κ3) is 4.18. The summed E-state index contributed by atoms with van der Waals surface area (Å²) in [5.41, 5.74) is 8.22. The molecule has 1 aromatic rings. The number of nitrogens with two attached hydrogens (primary N) is 1. The zero-order valence-corrected chi connectivity index (χ0v) is 12.7. The molecule has 1 rings (SSSR count). The molecule has 0 spiro atoms. The number of nitrogens with zero attached hydrogens (tertiary/aromatic N) is 1. The lowest BCUT2D eigenvalue weighted by atomic mass is 10.1. The van der Waals surface area contributed by atoms with Crippen LogP contribution in [0, 0.1) is 5.92 Å². The molecule has 2 N–H and O–H groups in total. The van der Waals surface area contributed by atoms with Crippen LogP contribution in [-0.2, 0) is 6.42 Å². The lowest BCUT2D eigenvalue weighted by Crippen LogP contribution is -2.35. The maximum Gasteiger partial charge on any atom is 0.0410 e. The van der Waals surface area contributed by atoms with E-state index in [1.165, 1.54) is 11.3 Å². The van der Waals surface area contributed by atoms with Gasteiger partial charge in [-0.15, -0.1) is 0 Å².